The predicted octanol–water partition coefficient (Wildman–Crippen LogP) is 0.163. The van der Waals surface area contributed by atoms with Crippen LogP contribution in [0.4, 0.5) is 0 Å². The van der Waals surface area contributed by atoms with E-state index >= 15 is 0 Å². The van der Waals surface area contributed by atoms with Gasteiger partial charge in [-0.3, -0.25) is 9.69 Å². The number of hydrogen-bond donors (Lipinski definition) is 1. The van der Waals surface area contributed by atoms with Crippen molar-refractivity contribution in [2.75, 3.05) is 19.6 Å². The molecule has 0 aromatic heterocycles. The lowest BCUT2D eigenvalue weighted by Gasteiger charge is -2.38. The molecule has 4 heteroatoms. The molecule has 0 unspecified atom stereocenters. The molecule has 0 spiro atoms. The summed E-state index contributed by atoms with van der Waals surface area (Å²) >= 11 is 2.87. The van der Waals surface area contributed by atoms with Crippen molar-refractivity contribution in [1.29, 1.82) is 0 Å². The summed E-state index contributed by atoms with van der Waals surface area (Å²) in [4.78, 5) is 15.5. The highest BCUT2D eigenvalue weighted by molar-refractivity contribution is 9.12. The average molecular weight is 231 g/mol. The van der Waals surface area contributed by atoms with Gasteiger partial charge in [-0.1, -0.05) is 6.92 Å². The van der Waals surface area contributed by atoms with Gasteiger partial charge in [0.15, 0.2) is 0 Å². The monoisotopic (exact) mass is 230 g/mol. The van der Waals surface area contributed by atoms with Crippen LogP contribution in [0.15, 0.2) is 0 Å². The minimum atomic E-state index is -0.201. The van der Waals surface area contributed by atoms with Gasteiger partial charge in [0.05, 0.1) is 6.04 Å². The molecule has 12 heavy (non-hydrogen) atoms. The number of nitrogens with one attached hydrogen (secondary N) is 1. The van der Waals surface area contributed by atoms with Crippen molar-refractivity contribution >= 4 is 21.8 Å². The van der Waals surface area contributed by atoms with Crippen LogP contribution in [-0.4, -0.2) is 36.5 Å². The summed E-state index contributed by atoms with van der Waals surface area (Å²) in [6.07, 6.45) is 0. The molecule has 0 saturated carbocycles. The Kier molecular flexibility index (Phi) is 3.57. The SMILES string of the molecule is CCN1CC(NC(=O)C#CBr)C1. The van der Waals surface area contributed by atoms with Crippen LogP contribution in [0.2, 0.25) is 0 Å². The van der Waals surface area contributed by atoms with E-state index in [1.807, 2.05) is 0 Å². The first-order valence-electron chi connectivity index (χ1n) is 3.90. The molecule has 0 aromatic carbocycles. The van der Waals surface area contributed by atoms with Gasteiger partial charge >= 0.3 is 0 Å². The van der Waals surface area contributed by atoms with Gasteiger partial charge in [0, 0.05) is 34.9 Å². The molecular formula is C8H11BrN2O. The van der Waals surface area contributed by atoms with E-state index in [1.165, 1.54) is 0 Å². The van der Waals surface area contributed by atoms with E-state index < -0.39 is 0 Å². The van der Waals surface area contributed by atoms with E-state index in [2.05, 4.69) is 43.8 Å². The number of halogens is 1. The van der Waals surface area contributed by atoms with Gasteiger partial charge in [-0.25, -0.2) is 0 Å². The summed E-state index contributed by atoms with van der Waals surface area (Å²) in [7, 11) is 0. The summed E-state index contributed by atoms with van der Waals surface area (Å²) in [5.74, 6) is 2.17. The first-order chi connectivity index (χ1) is 5.76. The largest absolute Gasteiger partial charge is 0.340 e. The van der Waals surface area contributed by atoms with Gasteiger partial charge in [-0.2, -0.15) is 0 Å². The molecule has 0 atom stereocenters. The number of rotatable bonds is 2. The van der Waals surface area contributed by atoms with Crippen molar-refractivity contribution in [3.8, 4) is 10.8 Å². The summed E-state index contributed by atoms with van der Waals surface area (Å²) in [6, 6.07) is 0.297. The Morgan fingerprint density at radius 2 is 2.42 bits per heavy atom. The lowest BCUT2D eigenvalue weighted by Crippen LogP contribution is -2.58. The third-order valence-electron chi connectivity index (χ3n) is 1.90. The standard InChI is InChI=1S/C8H11BrN2O/c1-2-11-5-7(6-11)10-8(12)3-4-9/h7H,2,5-6H2,1H3,(H,10,12). The summed E-state index contributed by atoms with van der Waals surface area (Å²) in [5.41, 5.74) is 0. The number of carbonyl (C=O) groups is 1. The zero-order valence-corrected chi connectivity index (χ0v) is 8.52. The van der Waals surface area contributed by atoms with E-state index in [9.17, 15) is 4.79 Å². The summed E-state index contributed by atoms with van der Waals surface area (Å²) in [6.45, 7) is 5.06. The second-order valence-electron chi connectivity index (χ2n) is 2.74. The number of likely N-dealkylation sites (tertiary alicyclic amines) is 1. The van der Waals surface area contributed by atoms with Gasteiger partial charge in [0.1, 0.15) is 0 Å². The molecule has 1 aliphatic heterocycles. The Hall–Kier alpha value is -0.530. The van der Waals surface area contributed by atoms with Crippen molar-refractivity contribution in [3.05, 3.63) is 0 Å². The first kappa shape index (κ1) is 9.56. The highest BCUT2D eigenvalue weighted by atomic mass is 79.9. The lowest BCUT2D eigenvalue weighted by atomic mass is 10.1. The van der Waals surface area contributed by atoms with E-state index in [0.717, 1.165) is 19.6 Å². The van der Waals surface area contributed by atoms with Crippen LogP contribution in [0, 0.1) is 10.8 Å². The van der Waals surface area contributed by atoms with Crippen molar-refractivity contribution in [2.45, 2.75) is 13.0 Å². The molecule has 0 aromatic rings. The smallest absolute Gasteiger partial charge is 0.297 e. The van der Waals surface area contributed by atoms with Crippen molar-refractivity contribution < 1.29 is 4.79 Å². The number of carbonyl (C=O) groups excluding carboxylic acids is 1. The average Bonchev–Trinajstić information content (AvgIpc) is 1.96. The van der Waals surface area contributed by atoms with Crippen molar-refractivity contribution in [2.24, 2.45) is 0 Å². The Morgan fingerprint density at radius 1 is 1.75 bits per heavy atom. The normalized spacial score (nSPS) is 17.5. The molecular weight excluding hydrogens is 220 g/mol. The highest BCUT2D eigenvalue weighted by Gasteiger charge is 2.25. The van der Waals surface area contributed by atoms with Crippen LogP contribution in [0.5, 0.6) is 0 Å². The Balaban J connectivity index is 2.17. The zero-order chi connectivity index (χ0) is 8.97. The second-order valence-corrected chi connectivity index (χ2v) is 3.14. The van der Waals surface area contributed by atoms with Gasteiger partial charge in [0.25, 0.3) is 5.91 Å². The fraction of sp³-hybridized carbons (Fsp3) is 0.625. The lowest BCUT2D eigenvalue weighted by molar-refractivity contribution is -0.117. The van der Waals surface area contributed by atoms with Crippen LogP contribution in [0.1, 0.15) is 6.92 Å². The van der Waals surface area contributed by atoms with Gasteiger partial charge < -0.3 is 5.32 Å². The van der Waals surface area contributed by atoms with Gasteiger partial charge in [-0.05, 0) is 11.4 Å². The molecule has 1 aliphatic rings. The minimum Gasteiger partial charge on any atom is -0.340 e. The third kappa shape index (κ3) is 2.50. The Bertz CT molecular complexity index is 225. The number of likely N-dealkylation sites (N-methyl/N-ethyl adjacent to an activating group) is 1. The third-order valence-corrected chi connectivity index (χ3v) is 2.10. The molecule has 66 valence electrons. The number of amides is 1. The molecule has 0 radical (unpaired) electrons. The summed E-state index contributed by atoms with van der Waals surface area (Å²) < 4.78 is 0. The number of nitrogens with zero attached hydrogens (tertiary/aromatic N) is 1. The maximum atomic E-state index is 10.9. The van der Waals surface area contributed by atoms with E-state index in [4.69, 9.17) is 0 Å². The van der Waals surface area contributed by atoms with Crippen molar-refractivity contribution in [3.63, 3.8) is 0 Å². The fourth-order valence-corrected chi connectivity index (χ4v) is 1.36. The van der Waals surface area contributed by atoms with E-state index in [0.29, 0.717) is 6.04 Å². The highest BCUT2D eigenvalue weighted by Crippen LogP contribution is 2.05. The summed E-state index contributed by atoms with van der Waals surface area (Å²) in [5, 5.41) is 2.80. The van der Waals surface area contributed by atoms with E-state index in [1.54, 1.807) is 0 Å². The maximum absolute atomic E-state index is 10.9. The molecule has 0 aliphatic carbocycles. The first-order valence-corrected chi connectivity index (χ1v) is 4.70. The molecule has 1 amide bonds. The molecule has 3 nitrogen and oxygen atoms in total. The molecule has 1 saturated heterocycles. The minimum absolute atomic E-state index is 0.201. The van der Waals surface area contributed by atoms with Crippen LogP contribution in [0.3, 0.4) is 0 Å². The quantitative estimate of drug-likeness (QED) is 0.687. The van der Waals surface area contributed by atoms with Crippen LogP contribution >= 0.6 is 15.9 Å². The zero-order valence-electron chi connectivity index (χ0n) is 6.93. The Morgan fingerprint density at radius 3 is 2.92 bits per heavy atom. The van der Waals surface area contributed by atoms with E-state index in [-0.39, 0.29) is 5.91 Å². The maximum Gasteiger partial charge on any atom is 0.297 e. The van der Waals surface area contributed by atoms with Crippen LogP contribution < -0.4 is 5.32 Å². The van der Waals surface area contributed by atoms with Crippen LogP contribution in [0.25, 0.3) is 0 Å². The van der Waals surface area contributed by atoms with Gasteiger partial charge in [0.2, 0.25) is 0 Å². The van der Waals surface area contributed by atoms with Gasteiger partial charge in [-0.15, -0.1) is 0 Å². The molecule has 1 N–H and O–H groups in total. The fourth-order valence-electron chi connectivity index (χ4n) is 1.18. The molecule has 0 bridgehead atoms. The predicted molar refractivity (Wildman–Crippen MR) is 50.7 cm³/mol. The Labute approximate surface area is 80.6 Å². The molecule has 1 heterocycles. The second kappa shape index (κ2) is 4.48. The molecule has 1 fully saturated rings. The molecule has 1 rings (SSSR count). The van der Waals surface area contributed by atoms with Crippen LogP contribution in [-0.2, 0) is 4.79 Å². The number of hydrogen-bond acceptors (Lipinski definition) is 2. The topological polar surface area (TPSA) is 32.3 Å². The van der Waals surface area contributed by atoms with Crippen molar-refractivity contribution in [1.82, 2.24) is 10.2 Å².